The van der Waals surface area contributed by atoms with E-state index >= 15 is 0 Å². The number of nitrogens with two attached hydrogens (primary N) is 1. The van der Waals surface area contributed by atoms with E-state index < -0.39 is 53.6 Å². The maximum Gasteiger partial charge on any atom is 0.394 e. The molecule has 1 aliphatic heterocycles. The first kappa shape index (κ1) is 19.1. The Morgan fingerprint density at radius 1 is 1.35 bits per heavy atom. The summed E-state index contributed by atoms with van der Waals surface area (Å²) >= 11 is 0. The van der Waals surface area contributed by atoms with Crippen molar-refractivity contribution in [2.75, 3.05) is 6.61 Å². The number of hydrogen-bond donors (Lipinski definition) is 6. The second-order valence-electron chi connectivity index (χ2n) is 3.84. The Hall–Kier alpha value is -0.860. The summed E-state index contributed by atoms with van der Waals surface area (Å²) in [5, 5.41) is 27.8. The molecule has 0 bridgehead atoms. The van der Waals surface area contributed by atoms with Gasteiger partial charge >= 0.3 is 16.4 Å². The van der Waals surface area contributed by atoms with E-state index in [1.807, 2.05) is 0 Å². The van der Waals surface area contributed by atoms with Crippen LogP contribution >= 0.6 is 0 Å². The van der Waals surface area contributed by atoms with Crippen molar-refractivity contribution >= 4 is 16.4 Å². The third kappa shape index (κ3) is 7.06. The van der Waals surface area contributed by atoms with Gasteiger partial charge in [0.2, 0.25) is 0 Å². The lowest BCUT2D eigenvalue weighted by atomic mass is 9.97. The average molecular weight is 319 g/mol. The van der Waals surface area contributed by atoms with E-state index in [9.17, 15) is 15.0 Å². The number of aliphatic hydroxyl groups excluding tert-OH is 3. The van der Waals surface area contributed by atoms with Gasteiger partial charge in [0, 0.05) is 6.92 Å². The molecule has 1 heterocycles. The highest BCUT2D eigenvalue weighted by Gasteiger charge is 2.44. The number of aliphatic hydroxyl groups is 3. The molecule has 7 N–H and O–H groups in total. The number of ether oxygens (including phenoxy) is 2. The maximum absolute atomic E-state index is 10.7. The van der Waals surface area contributed by atoms with Gasteiger partial charge in [-0.25, -0.2) is 0 Å². The van der Waals surface area contributed by atoms with Crippen molar-refractivity contribution in [1.82, 2.24) is 0 Å². The highest BCUT2D eigenvalue weighted by atomic mass is 32.3. The molecular formula is C8H17NO10S. The Labute approximate surface area is 114 Å². The van der Waals surface area contributed by atoms with Crippen LogP contribution < -0.4 is 5.73 Å². The molecule has 1 unspecified atom stereocenters. The largest absolute Gasteiger partial charge is 0.457 e. The molecule has 0 aromatic carbocycles. The summed E-state index contributed by atoms with van der Waals surface area (Å²) < 4.78 is 41.2. The summed E-state index contributed by atoms with van der Waals surface area (Å²) in [6, 6.07) is -1.07. The predicted molar refractivity (Wildman–Crippen MR) is 61.7 cm³/mol. The molecule has 0 aromatic rings. The number of carbonyl (C=O) groups excluding carboxylic acids is 1. The van der Waals surface area contributed by atoms with Crippen LogP contribution in [0.4, 0.5) is 0 Å². The number of carbonyl (C=O) groups is 1. The van der Waals surface area contributed by atoms with Gasteiger partial charge in [0.25, 0.3) is 0 Å². The van der Waals surface area contributed by atoms with Crippen molar-refractivity contribution in [2.24, 2.45) is 5.73 Å². The summed E-state index contributed by atoms with van der Waals surface area (Å²) in [6.45, 7) is 0.677. The predicted octanol–water partition coefficient (Wildman–Crippen LogP) is -3.34. The zero-order valence-corrected chi connectivity index (χ0v) is 11.2. The fourth-order valence-electron chi connectivity index (χ4n) is 1.44. The molecule has 5 atom stereocenters. The Kier molecular flexibility index (Phi) is 7.46. The lowest BCUT2D eigenvalue weighted by molar-refractivity contribution is -0.254. The molecule has 11 nitrogen and oxygen atoms in total. The van der Waals surface area contributed by atoms with E-state index in [2.05, 4.69) is 0 Å². The fraction of sp³-hybridized carbons (Fsp3) is 0.875. The summed E-state index contributed by atoms with van der Waals surface area (Å²) in [5.41, 5.74) is 5.41. The molecule has 0 aliphatic carbocycles. The molecule has 0 aromatic heterocycles. The molecular weight excluding hydrogens is 302 g/mol. The highest BCUT2D eigenvalue weighted by molar-refractivity contribution is 7.79. The van der Waals surface area contributed by atoms with Crippen molar-refractivity contribution in [2.45, 2.75) is 37.6 Å². The van der Waals surface area contributed by atoms with Gasteiger partial charge in [0.1, 0.15) is 12.2 Å². The minimum Gasteiger partial charge on any atom is -0.457 e. The van der Waals surface area contributed by atoms with E-state index in [-0.39, 0.29) is 0 Å². The van der Waals surface area contributed by atoms with Crippen LogP contribution in [0.15, 0.2) is 0 Å². The summed E-state index contributed by atoms with van der Waals surface area (Å²) in [4.78, 5) is 10.7. The Morgan fingerprint density at radius 2 is 1.80 bits per heavy atom. The van der Waals surface area contributed by atoms with Crippen LogP contribution in [-0.4, -0.2) is 76.1 Å². The van der Waals surface area contributed by atoms with Crippen LogP contribution in [0.1, 0.15) is 6.92 Å². The second kappa shape index (κ2) is 7.80. The van der Waals surface area contributed by atoms with Crippen molar-refractivity contribution in [3.63, 3.8) is 0 Å². The molecule has 1 rings (SSSR count). The zero-order chi connectivity index (χ0) is 16.1. The molecule has 20 heavy (non-hydrogen) atoms. The summed E-state index contributed by atoms with van der Waals surface area (Å²) in [5.74, 6) is -0.621. The first-order valence-corrected chi connectivity index (χ1v) is 6.62. The quantitative estimate of drug-likeness (QED) is 0.220. The molecule has 1 fully saturated rings. The van der Waals surface area contributed by atoms with Gasteiger partial charge in [-0.15, -0.1) is 0 Å². The topological polar surface area (TPSA) is 197 Å². The van der Waals surface area contributed by atoms with Crippen LogP contribution in [0.2, 0.25) is 0 Å². The summed E-state index contributed by atoms with van der Waals surface area (Å²) in [7, 11) is -4.67. The van der Waals surface area contributed by atoms with Gasteiger partial charge in [-0.3, -0.25) is 13.9 Å². The SMILES string of the molecule is CC(=O)O[C@@H]1[C@H](O)[C@@H](N)C(O)O[C@@H]1CO.O=S(=O)(O)O. The van der Waals surface area contributed by atoms with Crippen LogP contribution in [0, 0.1) is 0 Å². The normalized spacial score (nSPS) is 33.9. The van der Waals surface area contributed by atoms with Gasteiger partial charge in [-0.2, -0.15) is 8.42 Å². The Balaban J connectivity index is 0.000000621. The smallest absolute Gasteiger partial charge is 0.394 e. The van der Waals surface area contributed by atoms with E-state index in [1.54, 1.807) is 0 Å². The minimum atomic E-state index is -4.67. The van der Waals surface area contributed by atoms with Crippen molar-refractivity contribution in [3.8, 4) is 0 Å². The monoisotopic (exact) mass is 319 g/mol. The molecule has 120 valence electrons. The van der Waals surface area contributed by atoms with Crippen molar-refractivity contribution in [3.05, 3.63) is 0 Å². The molecule has 0 spiro atoms. The second-order valence-corrected chi connectivity index (χ2v) is 4.73. The molecule has 1 saturated heterocycles. The van der Waals surface area contributed by atoms with E-state index in [4.69, 9.17) is 37.8 Å². The third-order valence-electron chi connectivity index (χ3n) is 2.22. The highest BCUT2D eigenvalue weighted by Crippen LogP contribution is 2.21. The molecule has 12 heteroatoms. The van der Waals surface area contributed by atoms with Crippen molar-refractivity contribution in [1.29, 1.82) is 0 Å². The van der Waals surface area contributed by atoms with Crippen LogP contribution in [0.5, 0.6) is 0 Å². The molecule has 1 aliphatic rings. The lowest BCUT2D eigenvalue weighted by Crippen LogP contribution is -2.62. The van der Waals surface area contributed by atoms with E-state index in [1.165, 1.54) is 0 Å². The van der Waals surface area contributed by atoms with Crippen molar-refractivity contribution < 1.29 is 47.1 Å². The first-order chi connectivity index (χ1) is 8.97. The Morgan fingerprint density at radius 3 is 2.15 bits per heavy atom. The van der Waals surface area contributed by atoms with E-state index in [0.717, 1.165) is 6.92 Å². The Bertz CT molecular complexity index is 401. The average Bonchev–Trinajstić information content (AvgIpc) is 2.27. The number of hydrogen-bond acceptors (Lipinski definition) is 9. The fourth-order valence-corrected chi connectivity index (χ4v) is 1.44. The van der Waals surface area contributed by atoms with Gasteiger partial charge in [0.15, 0.2) is 12.4 Å². The van der Waals surface area contributed by atoms with Crippen LogP contribution in [0.25, 0.3) is 0 Å². The van der Waals surface area contributed by atoms with E-state index in [0.29, 0.717) is 0 Å². The minimum absolute atomic E-state index is 0.487. The first-order valence-electron chi connectivity index (χ1n) is 5.22. The number of esters is 1. The lowest BCUT2D eigenvalue weighted by Gasteiger charge is -2.39. The van der Waals surface area contributed by atoms with Gasteiger partial charge in [-0.1, -0.05) is 0 Å². The zero-order valence-electron chi connectivity index (χ0n) is 10.4. The van der Waals surface area contributed by atoms with Gasteiger partial charge in [0.05, 0.1) is 12.6 Å². The standard InChI is InChI=1S/C8H15NO6.H2O4S/c1-3(11)14-7-4(2-10)15-8(13)5(9)6(7)12;1-5(2,3)4/h4-8,10,12-13H,2,9H2,1H3;(H2,1,2,3,4)/t4-,5-,6-,7+,8?;/m1./s1. The number of rotatable bonds is 2. The molecule has 0 saturated carbocycles. The van der Waals surface area contributed by atoms with Gasteiger partial charge in [-0.05, 0) is 0 Å². The maximum atomic E-state index is 10.7. The molecule has 0 radical (unpaired) electrons. The van der Waals surface area contributed by atoms with Gasteiger partial charge < -0.3 is 30.5 Å². The van der Waals surface area contributed by atoms with Crippen LogP contribution in [-0.2, 0) is 24.7 Å². The third-order valence-corrected chi connectivity index (χ3v) is 2.22. The molecule has 0 amide bonds. The summed E-state index contributed by atoms with van der Waals surface area (Å²) in [6.07, 6.45) is -4.69. The van der Waals surface area contributed by atoms with Crippen LogP contribution in [0.3, 0.4) is 0 Å².